The molecule has 1 aliphatic rings. The molecule has 0 saturated carbocycles. The molecule has 11 aromatic rings. The lowest BCUT2D eigenvalue weighted by Gasteiger charge is -2.21. The van der Waals surface area contributed by atoms with Crippen molar-refractivity contribution in [2.45, 2.75) is 12.8 Å². The zero-order valence-corrected chi connectivity index (χ0v) is 31.1. The Morgan fingerprint density at radius 2 is 1.05 bits per heavy atom. The minimum atomic E-state index is -0.0154. The van der Waals surface area contributed by atoms with Crippen molar-refractivity contribution in [3.63, 3.8) is 0 Å². The van der Waals surface area contributed by atoms with Crippen LogP contribution in [-0.2, 0) is 0 Å². The topological polar surface area (TPSA) is 56.7 Å². The molecule has 8 aromatic carbocycles. The Bertz CT molecular complexity index is 3420. The molecule has 2 unspecified atom stereocenters. The Morgan fingerprint density at radius 1 is 0.474 bits per heavy atom. The minimum Gasteiger partial charge on any atom is -0.456 e. The molecule has 0 bridgehead atoms. The van der Waals surface area contributed by atoms with E-state index in [1.807, 2.05) is 6.07 Å². The SMILES string of the molecule is CC1C=CC=CC1c1nc(-c2ccc3oc4ccccc4c3c2-n2c3cc4ccccc4cc3c3cc4ccccc4cc32)nc(-c2cccc3ccccc23)n1. The highest BCUT2D eigenvalue weighted by molar-refractivity contribution is 6.20. The van der Waals surface area contributed by atoms with E-state index in [2.05, 4.69) is 181 Å². The summed E-state index contributed by atoms with van der Waals surface area (Å²) in [5.41, 5.74) is 6.73. The molecule has 0 amide bonds. The van der Waals surface area contributed by atoms with E-state index < -0.39 is 0 Å². The molecular formula is C52H34N4O. The quantitative estimate of drug-likeness (QED) is 0.181. The van der Waals surface area contributed by atoms with Gasteiger partial charge in [0.15, 0.2) is 11.6 Å². The van der Waals surface area contributed by atoms with Crippen LogP contribution in [0.1, 0.15) is 18.7 Å². The number of hydrogen-bond donors (Lipinski definition) is 0. The number of nitrogens with zero attached hydrogens (tertiary/aromatic N) is 4. The molecule has 1 aliphatic carbocycles. The molecule has 12 rings (SSSR count). The number of para-hydroxylation sites is 1. The van der Waals surface area contributed by atoms with Gasteiger partial charge < -0.3 is 8.98 Å². The van der Waals surface area contributed by atoms with Crippen molar-refractivity contribution >= 4 is 76.1 Å². The molecular weight excluding hydrogens is 697 g/mol. The van der Waals surface area contributed by atoms with E-state index in [1.165, 1.54) is 32.3 Å². The first-order valence-corrected chi connectivity index (χ1v) is 19.6. The van der Waals surface area contributed by atoms with Crippen molar-refractivity contribution in [3.8, 4) is 28.5 Å². The van der Waals surface area contributed by atoms with Crippen LogP contribution in [0.15, 0.2) is 180 Å². The Kier molecular flexibility index (Phi) is 6.90. The van der Waals surface area contributed by atoms with E-state index >= 15 is 0 Å². The van der Waals surface area contributed by atoms with Crippen LogP contribution in [0.5, 0.6) is 0 Å². The van der Waals surface area contributed by atoms with Gasteiger partial charge in [-0.2, -0.15) is 0 Å². The molecule has 3 heterocycles. The minimum absolute atomic E-state index is 0.0154. The molecule has 268 valence electrons. The van der Waals surface area contributed by atoms with Crippen LogP contribution in [0.3, 0.4) is 0 Å². The highest BCUT2D eigenvalue weighted by atomic mass is 16.3. The summed E-state index contributed by atoms with van der Waals surface area (Å²) in [7, 11) is 0. The molecule has 2 atom stereocenters. The van der Waals surface area contributed by atoms with Crippen LogP contribution in [-0.4, -0.2) is 19.5 Å². The van der Waals surface area contributed by atoms with Crippen LogP contribution >= 0.6 is 0 Å². The summed E-state index contributed by atoms with van der Waals surface area (Å²) in [5, 5.41) is 11.4. The van der Waals surface area contributed by atoms with Crippen LogP contribution in [0.4, 0.5) is 0 Å². The van der Waals surface area contributed by atoms with Crippen molar-refractivity contribution in [3.05, 3.63) is 182 Å². The fourth-order valence-corrected chi connectivity index (χ4v) is 9.08. The summed E-state index contributed by atoms with van der Waals surface area (Å²) in [4.78, 5) is 16.2. The van der Waals surface area contributed by atoms with E-state index in [4.69, 9.17) is 19.4 Å². The fraction of sp³-hybridized carbons (Fsp3) is 0.0577. The summed E-state index contributed by atoms with van der Waals surface area (Å²) in [5.74, 6) is 2.22. The monoisotopic (exact) mass is 730 g/mol. The first-order valence-electron chi connectivity index (χ1n) is 19.6. The lowest BCUT2D eigenvalue weighted by atomic mass is 9.89. The summed E-state index contributed by atoms with van der Waals surface area (Å²) >= 11 is 0. The molecule has 57 heavy (non-hydrogen) atoms. The number of rotatable bonds is 4. The molecule has 0 fully saturated rings. The van der Waals surface area contributed by atoms with Crippen molar-refractivity contribution < 1.29 is 4.42 Å². The van der Waals surface area contributed by atoms with Crippen molar-refractivity contribution in [1.29, 1.82) is 0 Å². The first kappa shape index (κ1) is 31.9. The number of benzene rings is 8. The summed E-state index contributed by atoms with van der Waals surface area (Å²) < 4.78 is 9.08. The average Bonchev–Trinajstić information content (AvgIpc) is 3.79. The maximum atomic E-state index is 6.64. The van der Waals surface area contributed by atoms with E-state index in [0.29, 0.717) is 11.6 Å². The number of fused-ring (bicyclic) bond motifs is 9. The molecule has 0 aliphatic heterocycles. The third-order valence-electron chi connectivity index (χ3n) is 11.9. The van der Waals surface area contributed by atoms with Gasteiger partial charge in [-0.1, -0.05) is 140 Å². The van der Waals surface area contributed by atoms with Gasteiger partial charge >= 0.3 is 0 Å². The lowest BCUT2D eigenvalue weighted by Crippen LogP contribution is -2.14. The van der Waals surface area contributed by atoms with E-state index in [-0.39, 0.29) is 11.8 Å². The third-order valence-corrected chi connectivity index (χ3v) is 11.9. The summed E-state index contributed by atoms with van der Waals surface area (Å²) in [6.45, 7) is 2.23. The number of furan rings is 1. The fourth-order valence-electron chi connectivity index (χ4n) is 9.08. The van der Waals surface area contributed by atoms with Gasteiger partial charge in [-0.25, -0.2) is 15.0 Å². The maximum absolute atomic E-state index is 6.64. The highest BCUT2D eigenvalue weighted by Gasteiger charge is 2.27. The van der Waals surface area contributed by atoms with Gasteiger partial charge in [0.2, 0.25) is 0 Å². The number of allylic oxidation sites excluding steroid dienone is 4. The van der Waals surface area contributed by atoms with Crippen LogP contribution in [0.2, 0.25) is 0 Å². The molecule has 0 spiro atoms. The Labute approximate surface area is 327 Å². The molecule has 5 nitrogen and oxygen atoms in total. The van der Waals surface area contributed by atoms with Crippen molar-refractivity contribution in [2.75, 3.05) is 0 Å². The largest absolute Gasteiger partial charge is 0.456 e. The second kappa shape index (κ2) is 12.3. The van der Waals surface area contributed by atoms with Gasteiger partial charge in [0, 0.05) is 33.2 Å². The molecule has 0 radical (unpaired) electrons. The summed E-state index contributed by atoms with van der Waals surface area (Å²) in [6, 6.07) is 54.0. The van der Waals surface area contributed by atoms with Gasteiger partial charge in [-0.3, -0.25) is 0 Å². The molecule has 5 heteroatoms. The molecule has 3 aromatic heterocycles. The van der Waals surface area contributed by atoms with E-state index in [0.717, 1.165) is 66.4 Å². The van der Waals surface area contributed by atoms with Crippen molar-refractivity contribution in [1.82, 2.24) is 19.5 Å². The average molecular weight is 731 g/mol. The van der Waals surface area contributed by atoms with Gasteiger partial charge in [0.25, 0.3) is 0 Å². The second-order valence-corrected chi connectivity index (χ2v) is 15.2. The highest BCUT2D eigenvalue weighted by Crippen LogP contribution is 2.45. The third kappa shape index (κ3) is 4.92. The lowest BCUT2D eigenvalue weighted by molar-refractivity contribution is 0.600. The van der Waals surface area contributed by atoms with Crippen LogP contribution < -0.4 is 0 Å². The summed E-state index contributed by atoms with van der Waals surface area (Å²) in [6.07, 6.45) is 8.66. The molecule has 0 saturated heterocycles. The number of hydrogen-bond acceptors (Lipinski definition) is 4. The zero-order chi connectivity index (χ0) is 37.6. The Hall–Kier alpha value is -7.37. The predicted octanol–water partition coefficient (Wildman–Crippen LogP) is 13.5. The Morgan fingerprint density at radius 3 is 1.75 bits per heavy atom. The van der Waals surface area contributed by atoms with Crippen LogP contribution in [0.25, 0.3) is 105 Å². The van der Waals surface area contributed by atoms with Gasteiger partial charge in [-0.05, 0) is 80.7 Å². The van der Waals surface area contributed by atoms with Gasteiger partial charge in [0.05, 0.1) is 22.1 Å². The zero-order valence-electron chi connectivity index (χ0n) is 31.1. The first-order chi connectivity index (χ1) is 28.2. The molecule has 0 N–H and O–H groups in total. The van der Waals surface area contributed by atoms with Gasteiger partial charge in [0.1, 0.15) is 17.0 Å². The Balaban J connectivity index is 1.25. The number of aromatic nitrogens is 4. The normalized spacial score (nSPS) is 15.7. The van der Waals surface area contributed by atoms with E-state index in [9.17, 15) is 0 Å². The maximum Gasteiger partial charge on any atom is 0.165 e. The van der Waals surface area contributed by atoms with Crippen LogP contribution in [0, 0.1) is 5.92 Å². The van der Waals surface area contributed by atoms with Crippen molar-refractivity contribution in [2.24, 2.45) is 5.92 Å². The predicted molar refractivity (Wildman–Crippen MR) is 235 cm³/mol. The second-order valence-electron chi connectivity index (χ2n) is 15.2. The van der Waals surface area contributed by atoms with E-state index in [1.54, 1.807) is 0 Å². The standard InChI is InChI=1S/C52H34N4O/c1-31-13-2-8-20-37(31)50-53-51(39-23-12-19-32-14-7-9-21-38(32)39)55-52(54-50)41-25-26-47-48(40-22-10-11-24-46(40)57-47)49(41)56-44-29-35-17-5-3-15-33(35)27-42(44)43-28-34-16-4-6-18-36(34)30-45(43)56/h2-31,37H,1H3. The smallest absolute Gasteiger partial charge is 0.165 e. The van der Waals surface area contributed by atoms with Gasteiger partial charge in [-0.15, -0.1) is 0 Å².